The van der Waals surface area contributed by atoms with Crippen molar-refractivity contribution in [2.75, 3.05) is 26.2 Å². The number of hydrogen-bond donors (Lipinski definition) is 1. The van der Waals surface area contributed by atoms with Crippen molar-refractivity contribution in [2.45, 2.75) is 13.0 Å². The van der Waals surface area contributed by atoms with Gasteiger partial charge in [0.05, 0.1) is 0 Å². The zero-order chi connectivity index (χ0) is 14.0. The summed E-state index contributed by atoms with van der Waals surface area (Å²) in [5, 5.41) is 3.09. The molecule has 0 radical (unpaired) electrons. The van der Waals surface area contributed by atoms with Crippen LogP contribution in [0.3, 0.4) is 0 Å². The molecule has 0 amide bonds. The summed E-state index contributed by atoms with van der Waals surface area (Å²) >= 11 is 0. The number of hydrogen-bond acceptors (Lipinski definition) is 2. The minimum Gasteiger partial charge on any atom is -0.315 e. The molecule has 1 fully saturated rings. The van der Waals surface area contributed by atoms with Crippen LogP contribution in [0.5, 0.6) is 0 Å². The number of nitrogens with zero attached hydrogens (tertiary/aromatic N) is 1. The summed E-state index contributed by atoms with van der Waals surface area (Å²) in [5.74, 6) is -9.37. The van der Waals surface area contributed by atoms with Crippen LogP contribution >= 0.6 is 0 Å². The highest BCUT2D eigenvalue weighted by Crippen LogP contribution is 2.24. The van der Waals surface area contributed by atoms with E-state index in [1.807, 2.05) is 0 Å². The molecule has 0 aliphatic carbocycles. The maximum Gasteiger partial charge on any atom is 0.200 e. The van der Waals surface area contributed by atoms with Crippen LogP contribution in [-0.4, -0.2) is 31.1 Å². The third kappa shape index (κ3) is 2.87. The van der Waals surface area contributed by atoms with E-state index in [0.717, 1.165) is 13.0 Å². The second-order valence-corrected chi connectivity index (χ2v) is 4.43. The predicted molar refractivity (Wildman–Crippen MR) is 59.0 cm³/mol. The van der Waals surface area contributed by atoms with Gasteiger partial charge in [0.2, 0.25) is 5.82 Å². The highest BCUT2D eigenvalue weighted by atomic mass is 19.2. The molecule has 106 valence electrons. The van der Waals surface area contributed by atoms with Crippen molar-refractivity contribution in [2.24, 2.45) is 0 Å². The smallest absolute Gasteiger partial charge is 0.200 e. The topological polar surface area (TPSA) is 15.3 Å². The number of halogens is 5. The highest BCUT2D eigenvalue weighted by molar-refractivity contribution is 5.24. The van der Waals surface area contributed by atoms with E-state index in [1.54, 1.807) is 4.90 Å². The molecule has 1 heterocycles. The Morgan fingerprint density at radius 2 is 1.37 bits per heavy atom. The summed E-state index contributed by atoms with van der Waals surface area (Å²) in [6, 6.07) is 0. The van der Waals surface area contributed by atoms with E-state index < -0.39 is 34.6 Å². The van der Waals surface area contributed by atoms with Gasteiger partial charge in [-0.25, -0.2) is 22.0 Å². The molecule has 1 aromatic carbocycles. The highest BCUT2D eigenvalue weighted by Gasteiger charge is 2.26. The molecule has 1 saturated heterocycles. The van der Waals surface area contributed by atoms with Gasteiger partial charge in [0.15, 0.2) is 23.3 Å². The lowest BCUT2D eigenvalue weighted by Gasteiger charge is -2.20. The van der Waals surface area contributed by atoms with Crippen molar-refractivity contribution >= 4 is 0 Å². The summed E-state index contributed by atoms with van der Waals surface area (Å²) in [4.78, 5) is 1.66. The van der Waals surface area contributed by atoms with E-state index in [4.69, 9.17) is 0 Å². The third-order valence-corrected chi connectivity index (χ3v) is 3.12. The Morgan fingerprint density at radius 1 is 0.789 bits per heavy atom. The molecule has 0 atom stereocenters. The molecular weight excluding hydrogens is 267 g/mol. The second-order valence-electron chi connectivity index (χ2n) is 4.43. The van der Waals surface area contributed by atoms with Crippen molar-refractivity contribution in [3.63, 3.8) is 0 Å². The fourth-order valence-electron chi connectivity index (χ4n) is 2.07. The third-order valence-electron chi connectivity index (χ3n) is 3.12. The molecule has 19 heavy (non-hydrogen) atoms. The van der Waals surface area contributed by atoms with E-state index in [2.05, 4.69) is 5.32 Å². The van der Waals surface area contributed by atoms with Crippen LogP contribution in [0.25, 0.3) is 0 Å². The first-order valence-electron chi connectivity index (χ1n) is 5.95. The zero-order valence-electron chi connectivity index (χ0n) is 10.1. The molecule has 1 aromatic rings. The standard InChI is InChI=1S/C12H13F5N2/c13-8-7(6-19-4-1-2-18-3-5-19)9(14)11(16)12(17)10(8)15/h18H,1-6H2. The van der Waals surface area contributed by atoms with Gasteiger partial charge in [-0.3, -0.25) is 4.90 Å². The van der Waals surface area contributed by atoms with Crippen molar-refractivity contribution in [1.82, 2.24) is 10.2 Å². The Hall–Kier alpha value is -1.21. The van der Waals surface area contributed by atoms with Crippen LogP contribution in [0.2, 0.25) is 0 Å². The summed E-state index contributed by atoms with van der Waals surface area (Å²) in [6.45, 7) is 2.16. The van der Waals surface area contributed by atoms with Crippen LogP contribution in [0.15, 0.2) is 0 Å². The Kier molecular flexibility index (Phi) is 4.36. The van der Waals surface area contributed by atoms with E-state index in [-0.39, 0.29) is 6.54 Å². The van der Waals surface area contributed by atoms with E-state index in [1.165, 1.54) is 0 Å². The maximum atomic E-state index is 13.5. The van der Waals surface area contributed by atoms with Crippen molar-refractivity contribution in [3.05, 3.63) is 34.6 Å². The molecule has 0 bridgehead atoms. The average Bonchev–Trinajstić information content (AvgIpc) is 2.68. The molecule has 7 heteroatoms. The lowest BCUT2D eigenvalue weighted by atomic mass is 10.1. The number of rotatable bonds is 2. The molecule has 0 spiro atoms. The molecule has 2 nitrogen and oxygen atoms in total. The first-order chi connectivity index (χ1) is 9.02. The normalized spacial score (nSPS) is 17.5. The molecule has 0 unspecified atom stereocenters. The average molecular weight is 280 g/mol. The molecule has 0 saturated carbocycles. The molecule has 2 rings (SSSR count). The van der Waals surface area contributed by atoms with Crippen LogP contribution in [0.1, 0.15) is 12.0 Å². The van der Waals surface area contributed by atoms with Gasteiger partial charge in [0.1, 0.15) is 0 Å². The SMILES string of the molecule is Fc1c(F)c(F)c(CN2CCCNCC2)c(F)c1F. The van der Waals surface area contributed by atoms with Crippen molar-refractivity contribution < 1.29 is 22.0 Å². The lowest BCUT2D eigenvalue weighted by Crippen LogP contribution is -2.29. The Balaban J connectivity index is 2.29. The van der Waals surface area contributed by atoms with Gasteiger partial charge < -0.3 is 5.32 Å². The van der Waals surface area contributed by atoms with Crippen LogP contribution in [0.4, 0.5) is 22.0 Å². The minimum absolute atomic E-state index is 0.284. The van der Waals surface area contributed by atoms with E-state index in [9.17, 15) is 22.0 Å². The first kappa shape index (κ1) is 14.2. The summed E-state index contributed by atoms with van der Waals surface area (Å²) < 4.78 is 66.0. The minimum atomic E-state index is -2.11. The summed E-state index contributed by atoms with van der Waals surface area (Å²) in [6.07, 6.45) is 0.759. The lowest BCUT2D eigenvalue weighted by molar-refractivity contribution is 0.267. The van der Waals surface area contributed by atoms with Gasteiger partial charge in [0, 0.05) is 25.2 Å². The van der Waals surface area contributed by atoms with Crippen LogP contribution < -0.4 is 5.32 Å². The molecule has 1 aliphatic rings. The molecule has 0 aromatic heterocycles. The van der Waals surface area contributed by atoms with Gasteiger partial charge in [-0.15, -0.1) is 0 Å². The van der Waals surface area contributed by atoms with Crippen molar-refractivity contribution in [3.8, 4) is 0 Å². The van der Waals surface area contributed by atoms with Crippen LogP contribution in [0, 0.1) is 29.1 Å². The fraction of sp³-hybridized carbons (Fsp3) is 0.500. The van der Waals surface area contributed by atoms with Gasteiger partial charge in [-0.2, -0.15) is 0 Å². The van der Waals surface area contributed by atoms with Gasteiger partial charge >= 0.3 is 0 Å². The van der Waals surface area contributed by atoms with Gasteiger partial charge in [-0.05, 0) is 19.5 Å². The van der Waals surface area contributed by atoms with Crippen molar-refractivity contribution in [1.29, 1.82) is 0 Å². The number of nitrogens with one attached hydrogen (secondary N) is 1. The monoisotopic (exact) mass is 280 g/mol. The van der Waals surface area contributed by atoms with E-state index >= 15 is 0 Å². The Labute approximate surface area is 107 Å². The summed E-state index contributed by atoms with van der Waals surface area (Å²) in [7, 11) is 0. The number of benzene rings is 1. The molecule has 1 aliphatic heterocycles. The quantitative estimate of drug-likeness (QED) is 0.507. The largest absolute Gasteiger partial charge is 0.315 e. The Morgan fingerprint density at radius 3 is 2.00 bits per heavy atom. The van der Waals surface area contributed by atoms with Gasteiger partial charge in [-0.1, -0.05) is 0 Å². The van der Waals surface area contributed by atoms with E-state index in [0.29, 0.717) is 19.6 Å². The maximum absolute atomic E-state index is 13.5. The molecular formula is C12H13F5N2. The molecule has 1 N–H and O–H groups in total. The Bertz CT molecular complexity index is 441. The first-order valence-corrected chi connectivity index (χ1v) is 5.95. The second kappa shape index (κ2) is 5.83. The summed E-state index contributed by atoms with van der Waals surface area (Å²) in [5.41, 5.74) is -0.765. The van der Waals surface area contributed by atoms with Gasteiger partial charge in [0.25, 0.3) is 0 Å². The van der Waals surface area contributed by atoms with Crippen LogP contribution in [-0.2, 0) is 6.54 Å². The predicted octanol–water partition coefficient (Wildman–Crippen LogP) is 2.18. The zero-order valence-corrected chi connectivity index (χ0v) is 10.1. The fourth-order valence-corrected chi connectivity index (χ4v) is 2.07.